The number of carbonyl (C=O) groups is 1. The number of hydrogen-bond donors (Lipinski definition) is 0. The first-order chi connectivity index (χ1) is 9.04. The first kappa shape index (κ1) is 13.8. The van der Waals surface area contributed by atoms with Crippen molar-refractivity contribution in [3.63, 3.8) is 0 Å². The number of Topliss-reactive ketones (excluding diaryl/α,β-unsaturated/α-hetero) is 1. The molecule has 0 saturated heterocycles. The van der Waals surface area contributed by atoms with Crippen LogP contribution in [0.4, 0.5) is 13.2 Å². The van der Waals surface area contributed by atoms with Crippen molar-refractivity contribution in [3.8, 4) is 10.4 Å². The normalized spacial score (nSPS) is 10.7. The zero-order valence-corrected chi connectivity index (χ0v) is 11.0. The fourth-order valence-electron chi connectivity index (χ4n) is 1.70. The van der Waals surface area contributed by atoms with Crippen LogP contribution < -0.4 is 0 Å². The van der Waals surface area contributed by atoms with Crippen LogP contribution in [-0.2, 0) is 0 Å². The van der Waals surface area contributed by atoms with Gasteiger partial charge in [-0.3, -0.25) is 4.79 Å². The fraction of sp³-hybridized carbons (Fsp3) is 0.214. The van der Waals surface area contributed by atoms with E-state index in [0.29, 0.717) is 16.2 Å². The van der Waals surface area contributed by atoms with Crippen molar-refractivity contribution in [2.24, 2.45) is 0 Å². The van der Waals surface area contributed by atoms with Crippen molar-refractivity contribution >= 4 is 17.1 Å². The van der Waals surface area contributed by atoms with Crippen LogP contribution >= 0.6 is 11.3 Å². The quantitative estimate of drug-likeness (QED) is 0.581. The molecule has 1 aromatic heterocycles. The van der Waals surface area contributed by atoms with Crippen LogP contribution in [0.3, 0.4) is 0 Å². The van der Waals surface area contributed by atoms with Gasteiger partial charge in [-0.05, 0) is 30.7 Å². The smallest absolute Gasteiger partial charge is 0.195 e. The van der Waals surface area contributed by atoms with E-state index in [1.54, 1.807) is 12.1 Å². The van der Waals surface area contributed by atoms with Crippen molar-refractivity contribution in [2.75, 3.05) is 0 Å². The number of hydrogen-bond acceptors (Lipinski definition) is 2. The van der Waals surface area contributed by atoms with E-state index in [-0.39, 0.29) is 11.3 Å². The Kier molecular flexibility index (Phi) is 4.04. The lowest BCUT2D eigenvalue weighted by Gasteiger charge is -2.01. The van der Waals surface area contributed by atoms with Gasteiger partial charge >= 0.3 is 0 Å². The van der Waals surface area contributed by atoms with E-state index >= 15 is 0 Å². The molecule has 2 rings (SSSR count). The minimum Gasteiger partial charge on any atom is -0.293 e. The predicted octanol–water partition coefficient (Wildman–Crippen LogP) is 4.82. The van der Waals surface area contributed by atoms with E-state index in [9.17, 15) is 18.0 Å². The zero-order valence-electron chi connectivity index (χ0n) is 10.2. The first-order valence-electron chi connectivity index (χ1n) is 5.81. The molecule has 100 valence electrons. The van der Waals surface area contributed by atoms with Gasteiger partial charge in [0.05, 0.1) is 4.88 Å². The summed E-state index contributed by atoms with van der Waals surface area (Å²) in [5, 5.41) is 0. The van der Waals surface area contributed by atoms with E-state index in [1.807, 2.05) is 6.92 Å². The average Bonchev–Trinajstić information content (AvgIpc) is 2.86. The van der Waals surface area contributed by atoms with Crippen LogP contribution in [0.5, 0.6) is 0 Å². The van der Waals surface area contributed by atoms with Crippen LogP contribution in [0.15, 0.2) is 24.3 Å². The molecule has 0 aliphatic heterocycles. The van der Waals surface area contributed by atoms with E-state index in [2.05, 4.69) is 0 Å². The fourth-order valence-corrected chi connectivity index (χ4v) is 2.69. The third-order valence-corrected chi connectivity index (χ3v) is 3.82. The Hall–Kier alpha value is -1.62. The molecule has 0 spiro atoms. The van der Waals surface area contributed by atoms with Gasteiger partial charge in [0.15, 0.2) is 23.2 Å². The van der Waals surface area contributed by atoms with Gasteiger partial charge in [0.1, 0.15) is 0 Å². The zero-order chi connectivity index (χ0) is 14.0. The minimum absolute atomic E-state index is 0.0262. The van der Waals surface area contributed by atoms with Gasteiger partial charge in [0, 0.05) is 16.9 Å². The molecule has 2 aromatic rings. The minimum atomic E-state index is -1.49. The molecule has 1 aromatic carbocycles. The van der Waals surface area contributed by atoms with Crippen LogP contribution in [0.2, 0.25) is 0 Å². The Bertz CT molecular complexity index is 619. The van der Waals surface area contributed by atoms with Crippen molar-refractivity contribution in [1.29, 1.82) is 0 Å². The summed E-state index contributed by atoms with van der Waals surface area (Å²) in [6.45, 7) is 1.89. The molecule has 19 heavy (non-hydrogen) atoms. The number of thiophene rings is 1. The van der Waals surface area contributed by atoms with Gasteiger partial charge in [0.25, 0.3) is 0 Å². The van der Waals surface area contributed by atoms with Crippen molar-refractivity contribution in [2.45, 2.75) is 19.8 Å². The number of benzene rings is 1. The third kappa shape index (κ3) is 2.71. The van der Waals surface area contributed by atoms with E-state index in [1.165, 1.54) is 6.07 Å². The second-order valence-corrected chi connectivity index (χ2v) is 5.14. The van der Waals surface area contributed by atoms with Gasteiger partial charge in [-0.1, -0.05) is 6.92 Å². The maximum Gasteiger partial charge on any atom is 0.195 e. The highest BCUT2D eigenvalue weighted by atomic mass is 32.1. The maximum atomic E-state index is 13.6. The summed E-state index contributed by atoms with van der Waals surface area (Å²) in [6.07, 6.45) is 1.14. The molecular weight excluding hydrogens is 273 g/mol. The molecule has 0 aliphatic carbocycles. The average molecular weight is 284 g/mol. The molecule has 0 radical (unpaired) electrons. The topological polar surface area (TPSA) is 17.1 Å². The second kappa shape index (κ2) is 5.57. The summed E-state index contributed by atoms with van der Waals surface area (Å²) in [5.41, 5.74) is -0.0283. The number of carbonyl (C=O) groups excluding carboxylic acids is 1. The highest BCUT2D eigenvalue weighted by molar-refractivity contribution is 7.17. The second-order valence-electron chi connectivity index (χ2n) is 4.06. The number of halogens is 3. The SMILES string of the molecule is CCCC(=O)c1ccc(-c2ccc(F)c(F)c2F)s1. The molecule has 0 N–H and O–H groups in total. The van der Waals surface area contributed by atoms with E-state index < -0.39 is 17.5 Å². The standard InChI is InChI=1S/C14H11F3OS/c1-2-3-10(18)12-7-6-11(19-12)8-4-5-9(15)14(17)13(8)16/h4-7H,2-3H2,1H3. The summed E-state index contributed by atoms with van der Waals surface area (Å²) in [4.78, 5) is 12.6. The molecular formula is C14H11F3OS. The maximum absolute atomic E-state index is 13.6. The third-order valence-electron chi connectivity index (χ3n) is 2.66. The number of ketones is 1. The lowest BCUT2D eigenvalue weighted by Crippen LogP contribution is -1.93. The van der Waals surface area contributed by atoms with Gasteiger partial charge < -0.3 is 0 Å². The first-order valence-corrected chi connectivity index (χ1v) is 6.63. The summed E-state index contributed by atoms with van der Waals surface area (Å²) in [5.74, 6) is -3.97. The predicted molar refractivity (Wildman–Crippen MR) is 68.9 cm³/mol. The molecule has 0 fully saturated rings. The highest BCUT2D eigenvalue weighted by Gasteiger charge is 2.17. The number of rotatable bonds is 4. The molecule has 0 aliphatic rings. The molecule has 0 bridgehead atoms. The summed E-state index contributed by atoms with van der Waals surface area (Å²) in [6, 6.07) is 5.18. The molecule has 1 nitrogen and oxygen atoms in total. The monoisotopic (exact) mass is 284 g/mol. The Labute approximate surface area is 112 Å². The Morgan fingerprint density at radius 1 is 1.11 bits per heavy atom. The highest BCUT2D eigenvalue weighted by Crippen LogP contribution is 2.32. The molecule has 0 atom stereocenters. The van der Waals surface area contributed by atoms with Crippen LogP contribution in [-0.4, -0.2) is 5.78 Å². The molecule has 5 heteroatoms. The Morgan fingerprint density at radius 2 is 1.84 bits per heavy atom. The van der Waals surface area contributed by atoms with Crippen molar-refractivity contribution in [1.82, 2.24) is 0 Å². The summed E-state index contributed by atoms with van der Waals surface area (Å²) < 4.78 is 39.6. The molecule has 0 unspecified atom stereocenters. The van der Waals surface area contributed by atoms with E-state index in [0.717, 1.165) is 23.8 Å². The molecule has 0 amide bonds. The summed E-state index contributed by atoms with van der Waals surface area (Å²) in [7, 11) is 0. The Balaban J connectivity index is 2.38. The van der Waals surface area contributed by atoms with Gasteiger partial charge in [-0.2, -0.15) is 0 Å². The lowest BCUT2D eigenvalue weighted by atomic mass is 10.1. The van der Waals surface area contributed by atoms with Gasteiger partial charge in [0.2, 0.25) is 0 Å². The van der Waals surface area contributed by atoms with Crippen LogP contribution in [0.25, 0.3) is 10.4 Å². The Morgan fingerprint density at radius 3 is 2.53 bits per heavy atom. The summed E-state index contributed by atoms with van der Waals surface area (Å²) >= 11 is 1.08. The van der Waals surface area contributed by atoms with Crippen molar-refractivity contribution < 1.29 is 18.0 Å². The van der Waals surface area contributed by atoms with Crippen molar-refractivity contribution in [3.05, 3.63) is 46.6 Å². The molecule has 1 heterocycles. The molecule has 0 saturated carbocycles. The van der Waals surface area contributed by atoms with E-state index in [4.69, 9.17) is 0 Å². The van der Waals surface area contributed by atoms with Gasteiger partial charge in [-0.25, -0.2) is 13.2 Å². The largest absolute Gasteiger partial charge is 0.293 e. The van der Waals surface area contributed by atoms with Gasteiger partial charge in [-0.15, -0.1) is 11.3 Å². The lowest BCUT2D eigenvalue weighted by molar-refractivity contribution is 0.0985. The van der Waals surface area contributed by atoms with Crippen LogP contribution in [0, 0.1) is 17.5 Å². The van der Waals surface area contributed by atoms with Crippen LogP contribution in [0.1, 0.15) is 29.4 Å².